The third kappa shape index (κ3) is 5.35. The van der Waals surface area contributed by atoms with E-state index in [1.807, 2.05) is 0 Å². The summed E-state index contributed by atoms with van der Waals surface area (Å²) >= 11 is 2.37. The summed E-state index contributed by atoms with van der Waals surface area (Å²) in [6.45, 7) is 0. The quantitative estimate of drug-likeness (QED) is 0.150. The van der Waals surface area contributed by atoms with Crippen molar-refractivity contribution >= 4 is 51.1 Å². The van der Waals surface area contributed by atoms with Gasteiger partial charge in [0.15, 0.2) is 9.84 Å². The number of carboxylic acid groups (broad SMARTS) is 1. The number of amides is 2. The fourth-order valence-electron chi connectivity index (χ4n) is 3.02. The standard InChI is InChI=1S/C14H18N6O7S3.K/c1-19-13(16-17-18-19)29-5-7-4-28-12-14(27-2,15-8(21)6-30(3,25)26)11(24)20(12)9(7)10(22)23;/h12H,4-6H2,1-3H3,(H,15,21)(H,22,23);/q;+1/p-1/t12-,14-;/m0./s1. The Morgan fingerprint density at radius 1 is 1.45 bits per heavy atom. The molecule has 1 aromatic rings. The Kier molecular flexibility index (Phi) is 8.76. The number of fused-ring (bicyclic) bond motifs is 1. The van der Waals surface area contributed by atoms with Gasteiger partial charge in [-0.25, -0.2) is 13.1 Å². The number of methoxy groups -OCH3 is 1. The number of sulfone groups is 1. The second-order valence-electron chi connectivity index (χ2n) is 6.51. The van der Waals surface area contributed by atoms with Crippen LogP contribution in [0.25, 0.3) is 0 Å². The van der Waals surface area contributed by atoms with E-state index < -0.39 is 44.5 Å². The summed E-state index contributed by atoms with van der Waals surface area (Å²) in [6, 6.07) is 0. The van der Waals surface area contributed by atoms with Gasteiger partial charge in [0.1, 0.15) is 11.1 Å². The Morgan fingerprint density at radius 3 is 2.65 bits per heavy atom. The number of carbonyl (C=O) groups is 3. The number of rotatable bonds is 8. The van der Waals surface area contributed by atoms with Crippen LogP contribution in [-0.4, -0.2) is 93.0 Å². The molecule has 0 unspecified atom stereocenters. The van der Waals surface area contributed by atoms with Gasteiger partial charge in [-0.2, -0.15) is 0 Å². The number of β-lactam (4-membered cyclic amide) rings is 1. The molecule has 1 fully saturated rings. The maximum absolute atomic E-state index is 12.9. The van der Waals surface area contributed by atoms with Gasteiger partial charge in [-0.3, -0.25) is 14.5 Å². The second kappa shape index (κ2) is 10.2. The number of tetrazole rings is 1. The van der Waals surface area contributed by atoms with Crippen molar-refractivity contribution in [2.75, 3.05) is 30.6 Å². The van der Waals surface area contributed by atoms with Gasteiger partial charge in [0, 0.05) is 31.9 Å². The van der Waals surface area contributed by atoms with E-state index in [4.69, 9.17) is 4.74 Å². The zero-order chi connectivity index (χ0) is 22.3. The summed E-state index contributed by atoms with van der Waals surface area (Å²) in [5.41, 5.74) is -1.75. The Labute approximate surface area is 228 Å². The molecule has 0 radical (unpaired) electrons. The van der Waals surface area contributed by atoms with Crippen LogP contribution in [-0.2, 0) is 36.0 Å². The molecule has 2 aliphatic heterocycles. The monoisotopic (exact) mass is 516 g/mol. The van der Waals surface area contributed by atoms with Crippen LogP contribution in [0.5, 0.6) is 0 Å². The van der Waals surface area contributed by atoms with Gasteiger partial charge in [0.25, 0.3) is 11.6 Å². The van der Waals surface area contributed by atoms with E-state index in [9.17, 15) is 27.9 Å². The molecule has 1 saturated heterocycles. The number of aryl methyl sites for hydroxylation is 1. The number of thioether (sulfide) groups is 2. The van der Waals surface area contributed by atoms with Crippen molar-refractivity contribution in [3.05, 3.63) is 11.3 Å². The molecule has 2 atom stereocenters. The molecule has 0 spiro atoms. The number of carbonyl (C=O) groups excluding carboxylic acids is 3. The molecular formula is C14H17KN6O7S3. The zero-order valence-corrected chi connectivity index (χ0v) is 22.6. The number of nitrogens with one attached hydrogen (secondary N) is 1. The van der Waals surface area contributed by atoms with Crippen LogP contribution in [0, 0.1) is 0 Å². The molecule has 0 bridgehead atoms. The van der Waals surface area contributed by atoms with Crippen molar-refractivity contribution in [2.45, 2.75) is 16.3 Å². The van der Waals surface area contributed by atoms with Gasteiger partial charge < -0.3 is 20.0 Å². The first-order valence-corrected chi connectivity index (χ1v) is 12.4. The first-order valence-electron chi connectivity index (χ1n) is 8.28. The van der Waals surface area contributed by atoms with Gasteiger partial charge in [-0.15, -0.1) is 16.9 Å². The number of nitrogens with zero attached hydrogens (tertiary/aromatic N) is 5. The molecular weight excluding hydrogens is 499 g/mol. The van der Waals surface area contributed by atoms with Crippen LogP contribution in [0.15, 0.2) is 16.4 Å². The smallest absolute Gasteiger partial charge is 0.543 e. The Morgan fingerprint density at radius 2 is 2.13 bits per heavy atom. The van der Waals surface area contributed by atoms with Crippen LogP contribution >= 0.6 is 23.5 Å². The average molecular weight is 517 g/mol. The molecule has 2 amide bonds. The van der Waals surface area contributed by atoms with E-state index in [0.717, 1.165) is 11.2 Å². The Bertz CT molecular complexity index is 1040. The number of aromatic nitrogens is 4. The molecule has 31 heavy (non-hydrogen) atoms. The fourth-order valence-corrected chi connectivity index (χ4v) is 6.00. The minimum Gasteiger partial charge on any atom is -0.543 e. The van der Waals surface area contributed by atoms with Crippen molar-refractivity contribution in [3.63, 3.8) is 0 Å². The summed E-state index contributed by atoms with van der Waals surface area (Å²) in [5.74, 6) is -3.73. The van der Waals surface area contributed by atoms with Crippen LogP contribution in [0.3, 0.4) is 0 Å². The molecule has 3 rings (SSSR count). The van der Waals surface area contributed by atoms with Crippen LogP contribution in [0.4, 0.5) is 0 Å². The molecule has 17 heteroatoms. The van der Waals surface area contributed by atoms with Crippen molar-refractivity contribution in [3.8, 4) is 0 Å². The van der Waals surface area contributed by atoms with E-state index in [1.165, 1.54) is 35.3 Å². The fraction of sp³-hybridized carbons (Fsp3) is 0.571. The van der Waals surface area contributed by atoms with E-state index in [2.05, 4.69) is 20.8 Å². The maximum atomic E-state index is 12.9. The Balaban J connectivity index is 0.00000341. The summed E-state index contributed by atoms with van der Waals surface area (Å²) in [5, 5.41) is 24.7. The first-order chi connectivity index (χ1) is 14.0. The molecule has 0 aromatic carbocycles. The number of hydrogen-bond acceptors (Lipinski definition) is 12. The average Bonchev–Trinajstić information content (AvgIpc) is 3.06. The van der Waals surface area contributed by atoms with E-state index in [1.54, 1.807) is 7.05 Å². The van der Waals surface area contributed by atoms with Gasteiger partial charge in [0.2, 0.25) is 11.1 Å². The molecule has 2 aliphatic rings. The molecule has 0 saturated carbocycles. The van der Waals surface area contributed by atoms with Gasteiger partial charge in [0.05, 0.1) is 11.7 Å². The molecule has 13 nitrogen and oxygen atoms in total. The van der Waals surface area contributed by atoms with Crippen molar-refractivity contribution in [1.29, 1.82) is 0 Å². The van der Waals surface area contributed by atoms with Gasteiger partial charge in [-0.05, 0) is 16.0 Å². The van der Waals surface area contributed by atoms with Crippen molar-refractivity contribution in [1.82, 2.24) is 30.4 Å². The number of hydrogen-bond donors (Lipinski definition) is 1. The third-order valence-corrected chi connectivity index (χ3v) is 7.56. The molecule has 3 heterocycles. The maximum Gasteiger partial charge on any atom is 1.00 e. The third-order valence-electron chi connectivity index (χ3n) is 4.30. The largest absolute Gasteiger partial charge is 1.00 e. The summed E-state index contributed by atoms with van der Waals surface area (Å²) in [4.78, 5) is 37.7. The van der Waals surface area contributed by atoms with E-state index >= 15 is 0 Å². The number of aliphatic carboxylic acids is 1. The Hall–Kier alpha value is -0.534. The van der Waals surface area contributed by atoms with E-state index in [-0.39, 0.29) is 68.6 Å². The predicted octanol–water partition coefficient (Wildman–Crippen LogP) is -6.27. The van der Waals surface area contributed by atoms with Crippen molar-refractivity contribution < 1.29 is 84.0 Å². The molecule has 1 N–H and O–H groups in total. The summed E-state index contributed by atoms with van der Waals surface area (Å²) in [6.07, 6.45) is 0.879. The number of carboxylic acids is 1. The predicted molar refractivity (Wildman–Crippen MR) is 102 cm³/mol. The van der Waals surface area contributed by atoms with Crippen LogP contribution in [0.1, 0.15) is 0 Å². The molecule has 164 valence electrons. The minimum atomic E-state index is -3.63. The second-order valence-corrected chi connectivity index (χ2v) is 10.7. The first kappa shape index (κ1) is 26.7. The summed E-state index contributed by atoms with van der Waals surface area (Å²) < 4.78 is 29.4. The number of ether oxygens (including phenoxy) is 1. The minimum absolute atomic E-state index is 0. The van der Waals surface area contributed by atoms with Gasteiger partial charge in [-0.1, -0.05) is 11.8 Å². The van der Waals surface area contributed by atoms with Crippen LogP contribution < -0.4 is 61.8 Å². The van der Waals surface area contributed by atoms with Crippen molar-refractivity contribution in [2.24, 2.45) is 7.05 Å². The topological polar surface area (TPSA) is 177 Å². The van der Waals surface area contributed by atoms with Gasteiger partial charge >= 0.3 is 51.4 Å². The normalized spacial score (nSPS) is 23.0. The zero-order valence-electron chi connectivity index (χ0n) is 17.0. The molecule has 0 aliphatic carbocycles. The van der Waals surface area contributed by atoms with Crippen LogP contribution in [0.2, 0.25) is 0 Å². The summed E-state index contributed by atoms with van der Waals surface area (Å²) in [7, 11) is -0.830. The molecule has 1 aromatic heterocycles. The van der Waals surface area contributed by atoms with E-state index in [0.29, 0.717) is 10.7 Å². The SMILES string of the molecule is CO[C@@]1(NC(=O)CS(C)(=O)=O)C(=O)N2C(C(=O)[O-])=C(CSc3nnnn3C)CS[C@H]21.[K+].